The van der Waals surface area contributed by atoms with E-state index in [9.17, 15) is 5.41 Å². The molecule has 0 aliphatic carbocycles. The highest BCUT2D eigenvalue weighted by Crippen LogP contribution is 2.37. The standard InChI is InChI=1S/C38H31N6P/c39-35(43(30-16-6-1-7-17-30)31-18-8-2-9-19-31)26-27-36(40)45(34-24-14-5-15-25-34)38-29-28-37(41-42-38)44(32-20-10-3-11-21-32)33-22-12-4-13-23-33/h1-29,39-40H/b27-26-,39-35?,40-36?. The summed E-state index contributed by atoms with van der Waals surface area (Å²) >= 11 is 0. The fourth-order valence-corrected chi connectivity index (χ4v) is 6.83. The molecule has 6 rings (SSSR count). The molecule has 0 amide bonds. The fourth-order valence-electron chi connectivity index (χ4n) is 4.98. The molecule has 0 aliphatic heterocycles. The lowest BCUT2D eigenvalue weighted by Gasteiger charge is -2.25. The van der Waals surface area contributed by atoms with Crippen molar-refractivity contribution in [1.29, 1.82) is 10.8 Å². The van der Waals surface area contributed by atoms with Crippen LogP contribution in [-0.4, -0.2) is 21.5 Å². The highest BCUT2D eigenvalue weighted by molar-refractivity contribution is 7.88. The van der Waals surface area contributed by atoms with Gasteiger partial charge in [0.1, 0.15) is 5.84 Å². The van der Waals surface area contributed by atoms with Crippen molar-refractivity contribution in [3.05, 3.63) is 176 Å². The Kier molecular flexibility index (Phi) is 9.25. The Morgan fingerprint density at radius 1 is 0.489 bits per heavy atom. The zero-order valence-electron chi connectivity index (χ0n) is 24.5. The van der Waals surface area contributed by atoms with E-state index >= 15 is 0 Å². The minimum atomic E-state index is -1.32. The van der Waals surface area contributed by atoms with Gasteiger partial charge in [-0.3, -0.25) is 20.6 Å². The van der Waals surface area contributed by atoms with Crippen LogP contribution in [0.2, 0.25) is 0 Å². The summed E-state index contributed by atoms with van der Waals surface area (Å²) in [7, 11) is -1.32. The average Bonchev–Trinajstić information content (AvgIpc) is 3.11. The first-order valence-electron chi connectivity index (χ1n) is 14.5. The van der Waals surface area contributed by atoms with Crippen molar-refractivity contribution in [2.24, 2.45) is 0 Å². The highest BCUT2D eigenvalue weighted by atomic mass is 31.1. The van der Waals surface area contributed by atoms with E-state index in [1.165, 1.54) is 0 Å². The number of allylic oxidation sites excluding steroid dienone is 1. The van der Waals surface area contributed by atoms with Crippen molar-refractivity contribution < 1.29 is 0 Å². The minimum Gasteiger partial charge on any atom is -0.300 e. The largest absolute Gasteiger partial charge is 0.300 e. The Labute approximate surface area is 264 Å². The third-order valence-electron chi connectivity index (χ3n) is 7.05. The van der Waals surface area contributed by atoms with Gasteiger partial charge in [-0.15, -0.1) is 10.2 Å². The van der Waals surface area contributed by atoms with Gasteiger partial charge in [0, 0.05) is 30.7 Å². The lowest BCUT2D eigenvalue weighted by Crippen LogP contribution is -2.24. The Balaban J connectivity index is 1.32. The van der Waals surface area contributed by atoms with Gasteiger partial charge in [0.2, 0.25) is 0 Å². The second-order valence-corrected chi connectivity index (χ2v) is 12.2. The Bertz CT molecular complexity index is 1790. The molecule has 1 atom stereocenters. The monoisotopic (exact) mass is 602 g/mol. The van der Waals surface area contributed by atoms with Gasteiger partial charge in [-0.2, -0.15) is 0 Å². The van der Waals surface area contributed by atoms with Crippen LogP contribution in [0.15, 0.2) is 176 Å². The first-order chi connectivity index (χ1) is 22.2. The highest BCUT2D eigenvalue weighted by Gasteiger charge is 2.22. The lowest BCUT2D eigenvalue weighted by molar-refractivity contribution is 1.03. The van der Waals surface area contributed by atoms with Crippen molar-refractivity contribution in [3.8, 4) is 0 Å². The first kappa shape index (κ1) is 29.4. The third-order valence-corrected chi connectivity index (χ3v) is 9.19. The number of benzene rings is 5. The molecule has 1 aromatic heterocycles. The van der Waals surface area contributed by atoms with Crippen molar-refractivity contribution in [2.45, 2.75) is 0 Å². The van der Waals surface area contributed by atoms with Crippen molar-refractivity contribution in [2.75, 3.05) is 9.80 Å². The maximum absolute atomic E-state index is 9.22. The molecule has 6 nitrogen and oxygen atoms in total. The third kappa shape index (κ3) is 6.93. The number of hydrogen-bond acceptors (Lipinski definition) is 5. The molecule has 0 saturated carbocycles. The molecule has 0 bridgehead atoms. The molecular weight excluding hydrogens is 571 g/mol. The molecule has 0 aliphatic rings. The number of rotatable bonds is 10. The molecule has 0 saturated heterocycles. The molecule has 0 radical (unpaired) electrons. The number of nitrogens with one attached hydrogen (secondary N) is 2. The van der Waals surface area contributed by atoms with Crippen LogP contribution in [-0.2, 0) is 0 Å². The van der Waals surface area contributed by atoms with Gasteiger partial charge in [-0.1, -0.05) is 103 Å². The smallest absolute Gasteiger partial charge is 0.160 e. The van der Waals surface area contributed by atoms with Crippen LogP contribution in [0.1, 0.15) is 0 Å². The predicted octanol–water partition coefficient (Wildman–Crippen LogP) is 8.73. The second kappa shape index (κ2) is 14.2. The van der Waals surface area contributed by atoms with Gasteiger partial charge in [-0.25, -0.2) is 0 Å². The molecule has 2 N–H and O–H groups in total. The topological polar surface area (TPSA) is 80.0 Å². The van der Waals surface area contributed by atoms with Gasteiger partial charge in [-0.05, 0) is 78.1 Å². The molecule has 1 heterocycles. The van der Waals surface area contributed by atoms with Gasteiger partial charge >= 0.3 is 0 Å². The van der Waals surface area contributed by atoms with Gasteiger partial charge in [0.25, 0.3) is 0 Å². The van der Waals surface area contributed by atoms with Crippen LogP contribution >= 0.6 is 7.92 Å². The predicted molar refractivity (Wildman–Crippen MR) is 189 cm³/mol. The second-order valence-electron chi connectivity index (χ2n) is 10.0. The van der Waals surface area contributed by atoms with E-state index in [-0.39, 0.29) is 5.84 Å². The van der Waals surface area contributed by atoms with Crippen LogP contribution in [0.25, 0.3) is 0 Å². The van der Waals surface area contributed by atoms with E-state index in [0.29, 0.717) is 16.7 Å². The molecule has 7 heteroatoms. The molecule has 6 aromatic rings. The van der Waals surface area contributed by atoms with Gasteiger partial charge in [0.15, 0.2) is 5.82 Å². The summed E-state index contributed by atoms with van der Waals surface area (Å²) in [4.78, 5) is 3.93. The molecule has 45 heavy (non-hydrogen) atoms. The summed E-state index contributed by atoms with van der Waals surface area (Å²) in [5.41, 5.74) is 4.78. The van der Waals surface area contributed by atoms with Crippen LogP contribution in [0.4, 0.5) is 28.6 Å². The summed E-state index contributed by atoms with van der Waals surface area (Å²) in [6.07, 6.45) is 3.41. The molecule has 0 spiro atoms. The normalized spacial score (nSPS) is 11.6. The number of anilines is 5. The van der Waals surface area contributed by atoms with E-state index in [4.69, 9.17) is 10.5 Å². The molecule has 1 unspecified atom stereocenters. The van der Waals surface area contributed by atoms with Crippen LogP contribution in [0.3, 0.4) is 0 Å². The van der Waals surface area contributed by atoms with Crippen molar-refractivity contribution >= 4 is 58.5 Å². The van der Waals surface area contributed by atoms with Gasteiger partial charge < -0.3 is 0 Å². The molecule has 218 valence electrons. The van der Waals surface area contributed by atoms with E-state index in [0.717, 1.165) is 28.1 Å². The summed E-state index contributed by atoms with van der Waals surface area (Å²) in [6.45, 7) is 0. The number of amidine groups is 1. The van der Waals surface area contributed by atoms with E-state index < -0.39 is 7.92 Å². The summed E-state index contributed by atoms with van der Waals surface area (Å²) < 4.78 is 0. The van der Waals surface area contributed by atoms with Crippen molar-refractivity contribution in [3.63, 3.8) is 0 Å². The van der Waals surface area contributed by atoms with E-state index in [1.807, 2.05) is 169 Å². The Morgan fingerprint density at radius 3 is 1.38 bits per heavy atom. The molecular formula is C38H31N6P. The number of aromatic nitrogens is 2. The first-order valence-corrected chi connectivity index (χ1v) is 15.9. The maximum Gasteiger partial charge on any atom is 0.160 e. The zero-order valence-corrected chi connectivity index (χ0v) is 25.4. The number of para-hydroxylation sites is 4. The number of hydrogen-bond donors (Lipinski definition) is 2. The summed E-state index contributed by atoms with van der Waals surface area (Å²) in [6, 6.07) is 53.7. The van der Waals surface area contributed by atoms with Gasteiger partial charge in [0.05, 0.1) is 10.9 Å². The summed E-state index contributed by atoms with van der Waals surface area (Å²) in [5, 5.41) is 28.6. The fraction of sp³-hybridized carbons (Fsp3) is 0. The lowest BCUT2D eigenvalue weighted by atomic mass is 10.2. The molecule has 0 fully saturated rings. The Hall–Kier alpha value is -5.71. The Morgan fingerprint density at radius 2 is 0.933 bits per heavy atom. The van der Waals surface area contributed by atoms with E-state index in [2.05, 4.69) is 10.00 Å². The van der Waals surface area contributed by atoms with E-state index in [1.54, 1.807) is 12.2 Å². The maximum atomic E-state index is 9.22. The zero-order chi connectivity index (χ0) is 30.8. The van der Waals surface area contributed by atoms with Crippen LogP contribution in [0, 0.1) is 10.8 Å². The average molecular weight is 603 g/mol. The SMILES string of the molecule is N=C(/C=C\C(=N)P(c1ccccc1)c1ccc(N(c2ccccc2)c2ccccc2)nn1)N(c1ccccc1)c1ccccc1. The minimum absolute atomic E-state index is 0.253. The van der Waals surface area contributed by atoms with Crippen LogP contribution in [0.5, 0.6) is 0 Å². The summed E-state index contributed by atoms with van der Waals surface area (Å²) in [5.74, 6) is 0.937. The van der Waals surface area contributed by atoms with Crippen molar-refractivity contribution in [1.82, 2.24) is 10.2 Å². The van der Waals surface area contributed by atoms with Crippen LogP contribution < -0.4 is 20.5 Å². The molecule has 5 aromatic carbocycles. The quantitative estimate of drug-likeness (QED) is 0.0934. The number of nitrogens with zero attached hydrogens (tertiary/aromatic N) is 4.